The lowest BCUT2D eigenvalue weighted by atomic mass is 10.1. The number of fused-ring (bicyclic) bond motifs is 1. The second-order valence-electron chi connectivity index (χ2n) is 6.49. The van der Waals surface area contributed by atoms with Gasteiger partial charge in [0, 0.05) is 12.1 Å². The number of Topliss-reactive ketones (excluding diaryl/α,β-unsaturated/α-hetero) is 1. The molecule has 0 saturated carbocycles. The summed E-state index contributed by atoms with van der Waals surface area (Å²) in [6.45, 7) is 1.24. The van der Waals surface area contributed by atoms with Gasteiger partial charge >= 0.3 is 5.97 Å². The highest BCUT2D eigenvalue weighted by molar-refractivity contribution is 6.32. The molecule has 7 nitrogen and oxygen atoms in total. The molecule has 1 aliphatic heterocycles. The third-order valence-corrected chi connectivity index (χ3v) is 4.80. The van der Waals surface area contributed by atoms with Gasteiger partial charge in [0.2, 0.25) is 0 Å². The first-order chi connectivity index (χ1) is 13.8. The Labute approximate surface area is 172 Å². The number of aryl methyl sites for hydroxylation is 1. The first kappa shape index (κ1) is 20.5. The molecule has 0 aliphatic carbocycles. The Morgan fingerprint density at radius 1 is 1.03 bits per heavy atom. The van der Waals surface area contributed by atoms with Gasteiger partial charge in [-0.1, -0.05) is 23.2 Å². The number of imide groups is 1. The summed E-state index contributed by atoms with van der Waals surface area (Å²) in [6.07, 6.45) is -0.207. The Hall–Kier alpha value is -3.19. The summed E-state index contributed by atoms with van der Waals surface area (Å²) < 4.78 is 9.99. The number of methoxy groups -OCH3 is 1. The molecule has 3 rings (SSSR count). The zero-order valence-corrected chi connectivity index (χ0v) is 16.6. The van der Waals surface area contributed by atoms with E-state index in [0.717, 1.165) is 10.5 Å². The van der Waals surface area contributed by atoms with Crippen LogP contribution < -0.4 is 4.74 Å². The van der Waals surface area contributed by atoms with E-state index in [1.54, 1.807) is 24.3 Å². The molecular formula is C21H18ClNO6. The zero-order valence-electron chi connectivity index (χ0n) is 15.9. The Balaban J connectivity index is 1.53. The summed E-state index contributed by atoms with van der Waals surface area (Å²) in [6, 6.07) is 9.48. The van der Waals surface area contributed by atoms with Crippen molar-refractivity contribution < 1.29 is 28.7 Å². The predicted octanol–water partition coefficient (Wildman–Crippen LogP) is 3.07. The molecule has 0 saturated heterocycles. The first-order valence-corrected chi connectivity index (χ1v) is 9.19. The number of esters is 1. The molecule has 2 amide bonds. The van der Waals surface area contributed by atoms with Crippen LogP contribution in [0.1, 0.15) is 43.1 Å². The number of benzene rings is 2. The van der Waals surface area contributed by atoms with Crippen LogP contribution in [0.25, 0.3) is 0 Å². The van der Waals surface area contributed by atoms with Crippen LogP contribution >= 0.6 is 11.6 Å². The quantitative estimate of drug-likeness (QED) is 0.392. The number of carbonyl (C=O) groups is 4. The van der Waals surface area contributed by atoms with E-state index in [1.807, 2.05) is 6.92 Å². The van der Waals surface area contributed by atoms with Crippen LogP contribution in [0.2, 0.25) is 5.02 Å². The van der Waals surface area contributed by atoms with Crippen LogP contribution in [0.3, 0.4) is 0 Å². The van der Waals surface area contributed by atoms with Crippen LogP contribution in [-0.2, 0) is 9.53 Å². The van der Waals surface area contributed by atoms with Gasteiger partial charge < -0.3 is 9.47 Å². The summed E-state index contributed by atoms with van der Waals surface area (Å²) in [5.41, 5.74) is 1.79. The van der Waals surface area contributed by atoms with Crippen molar-refractivity contribution in [1.29, 1.82) is 0 Å². The second kappa shape index (κ2) is 8.45. The summed E-state index contributed by atoms with van der Waals surface area (Å²) in [5.74, 6) is -1.58. The van der Waals surface area contributed by atoms with Crippen molar-refractivity contribution in [3.05, 3.63) is 63.7 Å². The fourth-order valence-electron chi connectivity index (χ4n) is 2.95. The van der Waals surface area contributed by atoms with E-state index in [4.69, 9.17) is 21.1 Å². The summed E-state index contributed by atoms with van der Waals surface area (Å²) in [4.78, 5) is 49.9. The molecule has 0 radical (unpaired) electrons. The lowest BCUT2D eigenvalue weighted by molar-refractivity contribution is -0.142. The molecule has 2 aromatic rings. The molecule has 0 atom stereocenters. The van der Waals surface area contributed by atoms with Crippen molar-refractivity contribution in [2.24, 2.45) is 0 Å². The van der Waals surface area contributed by atoms with E-state index < -0.39 is 30.2 Å². The molecule has 0 spiro atoms. The van der Waals surface area contributed by atoms with E-state index in [1.165, 1.54) is 19.2 Å². The highest BCUT2D eigenvalue weighted by Crippen LogP contribution is 2.25. The summed E-state index contributed by atoms with van der Waals surface area (Å²) in [5, 5.41) is 0.269. The molecule has 0 unspecified atom stereocenters. The normalized spacial score (nSPS) is 12.7. The molecule has 0 bridgehead atoms. The van der Waals surface area contributed by atoms with Crippen LogP contribution in [0.15, 0.2) is 36.4 Å². The smallest absolute Gasteiger partial charge is 0.308 e. The van der Waals surface area contributed by atoms with Crippen molar-refractivity contribution in [3.63, 3.8) is 0 Å². The van der Waals surface area contributed by atoms with E-state index in [-0.39, 0.29) is 23.6 Å². The third kappa shape index (κ3) is 4.30. The van der Waals surface area contributed by atoms with Crippen LogP contribution in [-0.4, -0.2) is 48.7 Å². The lowest BCUT2D eigenvalue weighted by Crippen LogP contribution is -2.32. The Bertz CT molecular complexity index is 1020. The SMILES string of the molecule is COc1ccc(C(=O)COC(=O)CCN2C(=O)c3ccc(C)cc3C2=O)cc1Cl. The number of halogens is 1. The van der Waals surface area contributed by atoms with Crippen molar-refractivity contribution in [2.75, 3.05) is 20.3 Å². The molecule has 8 heteroatoms. The average Bonchev–Trinajstić information content (AvgIpc) is 2.93. The van der Waals surface area contributed by atoms with Crippen molar-refractivity contribution >= 4 is 35.2 Å². The lowest BCUT2D eigenvalue weighted by Gasteiger charge is -2.13. The third-order valence-electron chi connectivity index (χ3n) is 4.50. The molecule has 2 aromatic carbocycles. The van der Waals surface area contributed by atoms with Gasteiger partial charge in [-0.15, -0.1) is 0 Å². The average molecular weight is 416 g/mol. The summed E-state index contributed by atoms with van der Waals surface area (Å²) in [7, 11) is 1.46. The number of nitrogens with zero attached hydrogens (tertiary/aromatic N) is 1. The van der Waals surface area contributed by atoms with Gasteiger partial charge in [0.05, 0.1) is 29.7 Å². The van der Waals surface area contributed by atoms with E-state index in [9.17, 15) is 19.2 Å². The standard InChI is InChI=1S/C21H18ClNO6/c1-12-3-5-14-15(9-12)21(27)23(20(14)26)8-7-19(25)29-11-17(24)13-4-6-18(28-2)16(22)10-13/h3-6,9-10H,7-8,11H2,1-2H3. The highest BCUT2D eigenvalue weighted by atomic mass is 35.5. The molecule has 150 valence electrons. The van der Waals surface area contributed by atoms with Crippen molar-refractivity contribution in [2.45, 2.75) is 13.3 Å². The highest BCUT2D eigenvalue weighted by Gasteiger charge is 2.35. The number of amides is 2. The largest absolute Gasteiger partial charge is 0.495 e. The van der Waals surface area contributed by atoms with Crippen LogP contribution in [0, 0.1) is 6.92 Å². The van der Waals surface area contributed by atoms with Gasteiger partial charge in [0.25, 0.3) is 11.8 Å². The Morgan fingerprint density at radius 2 is 1.76 bits per heavy atom. The maximum atomic E-state index is 12.4. The predicted molar refractivity (Wildman–Crippen MR) is 104 cm³/mol. The second-order valence-corrected chi connectivity index (χ2v) is 6.90. The maximum absolute atomic E-state index is 12.4. The number of rotatable bonds is 7. The minimum absolute atomic E-state index is 0.118. The van der Waals surface area contributed by atoms with Gasteiger partial charge in [-0.25, -0.2) is 0 Å². The molecule has 29 heavy (non-hydrogen) atoms. The minimum atomic E-state index is -0.689. The van der Waals surface area contributed by atoms with Crippen LogP contribution in [0.4, 0.5) is 0 Å². The molecule has 1 aliphatic rings. The van der Waals surface area contributed by atoms with E-state index in [2.05, 4.69) is 0 Å². The molecule has 1 heterocycles. The van der Waals surface area contributed by atoms with E-state index in [0.29, 0.717) is 16.9 Å². The molecule has 0 N–H and O–H groups in total. The van der Waals surface area contributed by atoms with Crippen molar-refractivity contribution in [1.82, 2.24) is 4.90 Å². The molecule has 0 aromatic heterocycles. The fourth-order valence-corrected chi connectivity index (χ4v) is 3.21. The fraction of sp³-hybridized carbons (Fsp3) is 0.238. The number of carbonyl (C=O) groups excluding carboxylic acids is 4. The number of ether oxygens (including phenoxy) is 2. The number of ketones is 1. The van der Waals surface area contributed by atoms with Gasteiger partial charge in [-0.3, -0.25) is 24.1 Å². The van der Waals surface area contributed by atoms with Gasteiger partial charge in [0.1, 0.15) is 5.75 Å². The van der Waals surface area contributed by atoms with Crippen LogP contribution in [0.5, 0.6) is 5.75 Å². The monoisotopic (exact) mass is 415 g/mol. The maximum Gasteiger partial charge on any atom is 0.308 e. The van der Waals surface area contributed by atoms with Gasteiger partial charge in [-0.2, -0.15) is 0 Å². The van der Waals surface area contributed by atoms with E-state index >= 15 is 0 Å². The van der Waals surface area contributed by atoms with Gasteiger partial charge in [-0.05, 0) is 37.3 Å². The first-order valence-electron chi connectivity index (χ1n) is 8.81. The minimum Gasteiger partial charge on any atom is -0.495 e. The van der Waals surface area contributed by atoms with Crippen molar-refractivity contribution in [3.8, 4) is 5.75 Å². The number of hydrogen-bond donors (Lipinski definition) is 0. The molecule has 0 fully saturated rings. The Morgan fingerprint density at radius 3 is 2.45 bits per heavy atom. The topological polar surface area (TPSA) is 90.0 Å². The molecular weight excluding hydrogens is 398 g/mol. The zero-order chi connectivity index (χ0) is 21.1. The van der Waals surface area contributed by atoms with Gasteiger partial charge in [0.15, 0.2) is 12.4 Å². The number of hydrogen-bond acceptors (Lipinski definition) is 6. The summed E-state index contributed by atoms with van der Waals surface area (Å²) >= 11 is 5.98. The Kier molecular flexibility index (Phi) is 5.98.